The van der Waals surface area contributed by atoms with Crippen molar-refractivity contribution in [3.8, 4) is 0 Å². The summed E-state index contributed by atoms with van der Waals surface area (Å²) in [5, 5.41) is 3.37. The van der Waals surface area contributed by atoms with Crippen LogP contribution >= 0.6 is 0 Å². The van der Waals surface area contributed by atoms with Crippen molar-refractivity contribution >= 4 is 5.91 Å². The van der Waals surface area contributed by atoms with Crippen LogP contribution in [0.15, 0.2) is 0 Å². The number of carbonyl (C=O) groups is 1. The lowest BCUT2D eigenvalue weighted by Gasteiger charge is -2.40. The number of nitrogens with one attached hydrogen (secondary N) is 2. The largest absolute Gasteiger partial charge is 0.317 e. The van der Waals surface area contributed by atoms with Crippen molar-refractivity contribution in [2.45, 2.75) is 45.7 Å². The summed E-state index contributed by atoms with van der Waals surface area (Å²) in [5.41, 5.74) is 2.25. The van der Waals surface area contributed by atoms with Gasteiger partial charge in [-0.05, 0) is 39.4 Å². The van der Waals surface area contributed by atoms with E-state index in [1.54, 1.807) is 0 Å². The van der Waals surface area contributed by atoms with Crippen LogP contribution < -0.4 is 16.6 Å². The van der Waals surface area contributed by atoms with Crippen LogP contribution in [0.5, 0.6) is 0 Å². The minimum absolute atomic E-state index is 0.0742. The van der Waals surface area contributed by atoms with E-state index in [2.05, 4.69) is 29.5 Å². The number of piperidine rings is 1. The maximum atomic E-state index is 11.6. The van der Waals surface area contributed by atoms with E-state index >= 15 is 0 Å². The molecule has 2 unspecified atom stereocenters. The quantitative estimate of drug-likeness (QED) is 0.363. The Morgan fingerprint density at radius 3 is 2.53 bits per heavy atom. The fourth-order valence-corrected chi connectivity index (χ4v) is 2.65. The van der Waals surface area contributed by atoms with Crippen molar-refractivity contribution in [3.05, 3.63) is 0 Å². The van der Waals surface area contributed by atoms with Crippen LogP contribution in [0.25, 0.3) is 0 Å². The molecule has 4 N–H and O–H groups in total. The molecule has 5 heteroatoms. The van der Waals surface area contributed by atoms with Gasteiger partial charge in [-0.1, -0.05) is 13.8 Å². The van der Waals surface area contributed by atoms with Gasteiger partial charge in [-0.25, -0.2) is 5.84 Å². The van der Waals surface area contributed by atoms with Gasteiger partial charge < -0.3 is 5.32 Å². The Kier molecular flexibility index (Phi) is 5.88. The van der Waals surface area contributed by atoms with Crippen molar-refractivity contribution in [1.82, 2.24) is 15.6 Å². The summed E-state index contributed by atoms with van der Waals surface area (Å²) in [6.07, 6.45) is 2.32. The topological polar surface area (TPSA) is 70.4 Å². The Bertz CT molecular complexity index is 241. The lowest BCUT2D eigenvalue weighted by atomic mass is 9.96. The molecule has 0 spiro atoms. The molecule has 1 aliphatic rings. The first-order chi connectivity index (χ1) is 8.11. The zero-order valence-corrected chi connectivity index (χ0v) is 11.2. The molecule has 2 atom stereocenters. The first kappa shape index (κ1) is 14.4. The van der Waals surface area contributed by atoms with E-state index < -0.39 is 0 Å². The number of hydrogen-bond donors (Lipinski definition) is 3. The number of hydrogen-bond acceptors (Lipinski definition) is 4. The molecule has 0 radical (unpaired) electrons. The molecular weight excluding hydrogens is 216 g/mol. The summed E-state index contributed by atoms with van der Waals surface area (Å²) < 4.78 is 0. The molecular formula is C12H26N4O. The first-order valence-electron chi connectivity index (χ1n) is 6.58. The van der Waals surface area contributed by atoms with Gasteiger partial charge in [0.15, 0.2) is 0 Å². The second-order valence-corrected chi connectivity index (χ2v) is 4.85. The summed E-state index contributed by atoms with van der Waals surface area (Å²) in [4.78, 5) is 14.0. The van der Waals surface area contributed by atoms with Gasteiger partial charge >= 0.3 is 0 Å². The molecule has 0 aromatic rings. The summed E-state index contributed by atoms with van der Waals surface area (Å²) >= 11 is 0. The number of rotatable bonds is 5. The molecule has 1 rings (SSSR count). The minimum Gasteiger partial charge on any atom is -0.317 e. The zero-order chi connectivity index (χ0) is 12.8. The second kappa shape index (κ2) is 6.93. The van der Waals surface area contributed by atoms with Gasteiger partial charge in [0, 0.05) is 12.1 Å². The highest BCUT2D eigenvalue weighted by Gasteiger charge is 2.29. The number of hydrazine groups is 1. The molecule has 0 aromatic heterocycles. The zero-order valence-electron chi connectivity index (χ0n) is 11.2. The van der Waals surface area contributed by atoms with E-state index in [-0.39, 0.29) is 17.9 Å². The van der Waals surface area contributed by atoms with Crippen LogP contribution in [0.2, 0.25) is 0 Å². The van der Waals surface area contributed by atoms with Crippen LogP contribution in [-0.2, 0) is 4.79 Å². The molecule has 0 aromatic carbocycles. The average Bonchev–Trinajstić information content (AvgIpc) is 2.38. The smallest absolute Gasteiger partial charge is 0.238 e. The molecule has 0 saturated carbocycles. The highest BCUT2D eigenvalue weighted by Crippen LogP contribution is 2.19. The van der Waals surface area contributed by atoms with Gasteiger partial charge in [-0.15, -0.1) is 0 Å². The molecule has 1 saturated heterocycles. The monoisotopic (exact) mass is 242 g/mol. The highest BCUT2D eigenvalue weighted by atomic mass is 16.2. The van der Waals surface area contributed by atoms with E-state index in [0.717, 1.165) is 32.5 Å². The van der Waals surface area contributed by atoms with Crippen LogP contribution in [-0.4, -0.2) is 42.5 Å². The summed E-state index contributed by atoms with van der Waals surface area (Å²) in [5.74, 6) is 5.05. The van der Waals surface area contributed by atoms with Crippen molar-refractivity contribution in [1.29, 1.82) is 0 Å². The predicted octanol–water partition coefficient (Wildman–Crippen LogP) is 0.0748. The summed E-state index contributed by atoms with van der Waals surface area (Å²) in [6, 6.07) is 0.816. The minimum atomic E-state index is -0.0788. The Morgan fingerprint density at radius 2 is 2.06 bits per heavy atom. The van der Waals surface area contributed by atoms with Crippen LogP contribution in [0.4, 0.5) is 0 Å². The Hall–Kier alpha value is -0.650. The van der Waals surface area contributed by atoms with E-state index in [1.165, 1.54) is 0 Å². The van der Waals surface area contributed by atoms with Gasteiger partial charge in [0.05, 0.1) is 5.92 Å². The van der Waals surface area contributed by atoms with Crippen LogP contribution in [0, 0.1) is 5.92 Å². The maximum Gasteiger partial charge on any atom is 0.238 e. The molecule has 100 valence electrons. The highest BCUT2D eigenvalue weighted by molar-refractivity contribution is 5.78. The fourth-order valence-electron chi connectivity index (χ4n) is 2.65. The second-order valence-electron chi connectivity index (χ2n) is 4.85. The molecule has 0 aliphatic carbocycles. The van der Waals surface area contributed by atoms with Gasteiger partial charge in [0.1, 0.15) is 0 Å². The molecule has 17 heavy (non-hydrogen) atoms. The van der Waals surface area contributed by atoms with Crippen LogP contribution in [0.3, 0.4) is 0 Å². The SMILES string of the molecule is CCN(C1CCNCC1)C(C)C(C)C(=O)NN. The number of carbonyl (C=O) groups excluding carboxylic acids is 1. The van der Waals surface area contributed by atoms with Gasteiger partial charge in [-0.3, -0.25) is 15.1 Å². The lowest BCUT2D eigenvalue weighted by Crippen LogP contribution is -2.52. The normalized spacial score (nSPS) is 21.2. The van der Waals surface area contributed by atoms with Crippen LogP contribution in [0.1, 0.15) is 33.6 Å². The summed E-state index contributed by atoms with van der Waals surface area (Å²) in [7, 11) is 0. The third-order valence-corrected chi connectivity index (χ3v) is 3.95. The number of nitrogens with zero attached hydrogens (tertiary/aromatic N) is 1. The van der Waals surface area contributed by atoms with Gasteiger partial charge in [-0.2, -0.15) is 0 Å². The van der Waals surface area contributed by atoms with E-state index in [1.807, 2.05) is 6.92 Å². The van der Waals surface area contributed by atoms with Gasteiger partial charge in [0.25, 0.3) is 0 Å². The Morgan fingerprint density at radius 1 is 1.47 bits per heavy atom. The number of nitrogens with two attached hydrogens (primary N) is 1. The molecule has 1 amide bonds. The lowest BCUT2D eigenvalue weighted by molar-refractivity contribution is -0.126. The van der Waals surface area contributed by atoms with Crippen molar-refractivity contribution in [2.75, 3.05) is 19.6 Å². The van der Waals surface area contributed by atoms with Gasteiger partial charge in [0.2, 0.25) is 5.91 Å². The molecule has 0 bridgehead atoms. The number of amides is 1. The third-order valence-electron chi connectivity index (χ3n) is 3.95. The standard InChI is InChI=1S/C12H26N4O/c1-4-16(11-5-7-14-8-6-11)10(3)9(2)12(17)15-13/h9-11,14H,4-8,13H2,1-3H3,(H,15,17). The Balaban J connectivity index is 2.61. The van der Waals surface area contributed by atoms with E-state index in [9.17, 15) is 4.79 Å². The molecule has 1 heterocycles. The maximum absolute atomic E-state index is 11.6. The van der Waals surface area contributed by atoms with Crippen molar-refractivity contribution < 1.29 is 4.79 Å². The van der Waals surface area contributed by atoms with E-state index in [0.29, 0.717) is 6.04 Å². The van der Waals surface area contributed by atoms with E-state index in [4.69, 9.17) is 5.84 Å². The predicted molar refractivity (Wildman–Crippen MR) is 69.2 cm³/mol. The molecule has 1 aliphatic heterocycles. The van der Waals surface area contributed by atoms with Crippen molar-refractivity contribution in [2.24, 2.45) is 11.8 Å². The third kappa shape index (κ3) is 3.66. The molecule has 1 fully saturated rings. The average molecular weight is 242 g/mol. The Labute approximate surface area is 104 Å². The first-order valence-corrected chi connectivity index (χ1v) is 6.58. The summed E-state index contributed by atoms with van der Waals surface area (Å²) in [6.45, 7) is 9.35. The molecule has 5 nitrogen and oxygen atoms in total. The van der Waals surface area contributed by atoms with Crippen molar-refractivity contribution in [3.63, 3.8) is 0 Å². The fraction of sp³-hybridized carbons (Fsp3) is 0.917.